The Labute approximate surface area is 94.0 Å². The summed E-state index contributed by atoms with van der Waals surface area (Å²) < 4.78 is 51.3. The number of hydrogen-bond donors (Lipinski definition) is 2. The first kappa shape index (κ1) is 15.7. The molecule has 0 heterocycles. The second-order valence-electron chi connectivity index (χ2n) is 3.34. The van der Waals surface area contributed by atoms with Gasteiger partial charge in [-0.05, 0) is 6.92 Å². The fourth-order valence-electron chi connectivity index (χ4n) is 0.928. The molecule has 0 rings (SSSR count). The van der Waals surface area contributed by atoms with Gasteiger partial charge in [-0.25, -0.2) is 8.37 Å². The second-order valence-corrected chi connectivity index (χ2v) is 6.49. The third-order valence-corrected chi connectivity index (χ3v) is 2.24. The maximum Gasteiger partial charge on any atom is 0.313 e. The molecule has 8 nitrogen and oxygen atoms in total. The summed E-state index contributed by atoms with van der Waals surface area (Å²) in [5.41, 5.74) is 0. The summed E-state index contributed by atoms with van der Waals surface area (Å²) in [6.45, 7) is 1.20. The highest BCUT2D eigenvalue weighted by atomic mass is 32.2. The van der Waals surface area contributed by atoms with Gasteiger partial charge in [-0.15, -0.1) is 0 Å². The molecule has 0 aromatic heterocycles. The highest BCUT2D eigenvalue weighted by molar-refractivity contribution is 7.86. The number of hydrogen-bond acceptors (Lipinski definition) is 8. The van der Waals surface area contributed by atoms with E-state index in [1.807, 2.05) is 0 Å². The minimum absolute atomic E-state index is 0.603. The standard InChI is InChI=1S/C6H14O8S2/c1-5(7)4-6(8,13-15(2,9)10)14-16(3,11)12/h5,7-8H,4H2,1-3H3. The first-order valence-electron chi connectivity index (χ1n) is 4.05. The van der Waals surface area contributed by atoms with E-state index in [0.717, 1.165) is 0 Å². The lowest BCUT2D eigenvalue weighted by atomic mass is 10.2. The molecular formula is C6H14O8S2. The highest BCUT2D eigenvalue weighted by Crippen LogP contribution is 2.21. The van der Waals surface area contributed by atoms with E-state index in [4.69, 9.17) is 5.11 Å². The van der Waals surface area contributed by atoms with Crippen LogP contribution in [0.25, 0.3) is 0 Å². The van der Waals surface area contributed by atoms with E-state index >= 15 is 0 Å². The molecule has 1 atom stereocenters. The van der Waals surface area contributed by atoms with Gasteiger partial charge in [-0.1, -0.05) is 0 Å². The molecule has 2 N–H and O–H groups in total. The van der Waals surface area contributed by atoms with Crippen molar-refractivity contribution in [3.8, 4) is 0 Å². The Kier molecular flexibility index (Phi) is 4.86. The first-order chi connectivity index (χ1) is 6.83. The van der Waals surface area contributed by atoms with Gasteiger partial charge in [0.25, 0.3) is 20.2 Å². The average Bonchev–Trinajstić information content (AvgIpc) is 1.69. The number of aliphatic hydroxyl groups excluding tert-OH is 1. The average molecular weight is 278 g/mol. The lowest BCUT2D eigenvalue weighted by molar-refractivity contribution is -0.278. The van der Waals surface area contributed by atoms with Gasteiger partial charge < -0.3 is 10.2 Å². The molecule has 0 spiro atoms. The zero-order chi connectivity index (χ0) is 13.2. The van der Waals surface area contributed by atoms with E-state index in [9.17, 15) is 21.9 Å². The van der Waals surface area contributed by atoms with Crippen molar-refractivity contribution in [1.82, 2.24) is 0 Å². The number of rotatable bonds is 6. The van der Waals surface area contributed by atoms with Crippen molar-refractivity contribution < 1.29 is 35.4 Å². The molecule has 0 radical (unpaired) electrons. The summed E-state index contributed by atoms with van der Waals surface area (Å²) >= 11 is 0. The van der Waals surface area contributed by atoms with E-state index < -0.39 is 38.7 Å². The molecule has 0 amide bonds. The molecule has 1 unspecified atom stereocenters. The fourth-order valence-corrected chi connectivity index (χ4v) is 2.12. The quantitative estimate of drug-likeness (QED) is 0.437. The highest BCUT2D eigenvalue weighted by Gasteiger charge is 2.39. The van der Waals surface area contributed by atoms with Crippen molar-refractivity contribution in [2.24, 2.45) is 0 Å². The Hall–Kier alpha value is -0.260. The van der Waals surface area contributed by atoms with Crippen LogP contribution in [0, 0.1) is 0 Å². The molecule has 0 fully saturated rings. The molecule has 0 saturated carbocycles. The normalized spacial score (nSPS) is 16.1. The molecule has 0 bridgehead atoms. The summed E-state index contributed by atoms with van der Waals surface area (Å²) in [5, 5.41) is 18.5. The summed E-state index contributed by atoms with van der Waals surface area (Å²) in [5.74, 6) is -2.94. The Morgan fingerprint density at radius 3 is 1.62 bits per heavy atom. The van der Waals surface area contributed by atoms with Gasteiger partial charge in [-0.3, -0.25) is 0 Å². The Morgan fingerprint density at radius 1 is 1.12 bits per heavy atom. The van der Waals surface area contributed by atoms with Crippen molar-refractivity contribution in [1.29, 1.82) is 0 Å². The minimum Gasteiger partial charge on any atom is -0.393 e. The first-order valence-corrected chi connectivity index (χ1v) is 7.68. The smallest absolute Gasteiger partial charge is 0.313 e. The molecule has 0 aliphatic heterocycles. The van der Waals surface area contributed by atoms with Gasteiger partial charge in [0, 0.05) is 0 Å². The predicted octanol–water partition coefficient (Wildman–Crippen LogP) is -1.64. The van der Waals surface area contributed by atoms with Crippen molar-refractivity contribution in [2.75, 3.05) is 12.5 Å². The van der Waals surface area contributed by atoms with Crippen LogP contribution in [0.1, 0.15) is 13.3 Å². The van der Waals surface area contributed by atoms with E-state index in [2.05, 4.69) is 8.37 Å². The Morgan fingerprint density at radius 2 is 1.44 bits per heavy atom. The van der Waals surface area contributed by atoms with Gasteiger partial charge in [0.2, 0.25) is 0 Å². The maximum atomic E-state index is 10.8. The largest absolute Gasteiger partial charge is 0.393 e. The van der Waals surface area contributed by atoms with Crippen LogP contribution < -0.4 is 0 Å². The minimum atomic E-state index is -4.15. The summed E-state index contributed by atoms with van der Waals surface area (Å²) in [6, 6.07) is 0. The molecule has 0 saturated heterocycles. The van der Waals surface area contributed by atoms with Crippen LogP contribution in [0.3, 0.4) is 0 Å². The fraction of sp³-hybridized carbons (Fsp3) is 1.00. The van der Waals surface area contributed by atoms with Crippen LogP contribution in [0.4, 0.5) is 0 Å². The SMILES string of the molecule is CC(O)CC(O)(OS(C)(=O)=O)OS(C)(=O)=O. The third kappa shape index (κ3) is 7.96. The molecule has 0 aromatic carbocycles. The zero-order valence-corrected chi connectivity index (χ0v) is 10.6. The summed E-state index contributed by atoms with van der Waals surface area (Å²) in [4.78, 5) is 0. The van der Waals surface area contributed by atoms with Crippen LogP contribution in [0.15, 0.2) is 0 Å². The molecule has 10 heteroatoms. The van der Waals surface area contributed by atoms with Gasteiger partial charge >= 0.3 is 5.97 Å². The van der Waals surface area contributed by atoms with Gasteiger partial charge in [0.15, 0.2) is 0 Å². The van der Waals surface area contributed by atoms with E-state index in [1.54, 1.807) is 0 Å². The lowest BCUT2D eigenvalue weighted by Crippen LogP contribution is -2.42. The van der Waals surface area contributed by atoms with Crippen LogP contribution in [-0.4, -0.2) is 51.6 Å². The lowest BCUT2D eigenvalue weighted by Gasteiger charge is -2.25. The zero-order valence-electron chi connectivity index (χ0n) is 8.94. The topological polar surface area (TPSA) is 127 Å². The van der Waals surface area contributed by atoms with Gasteiger partial charge in [0.1, 0.15) is 0 Å². The molecule has 16 heavy (non-hydrogen) atoms. The third-order valence-electron chi connectivity index (χ3n) is 1.12. The van der Waals surface area contributed by atoms with Crippen LogP contribution >= 0.6 is 0 Å². The van der Waals surface area contributed by atoms with Crippen LogP contribution in [-0.2, 0) is 28.6 Å². The van der Waals surface area contributed by atoms with E-state index in [-0.39, 0.29) is 0 Å². The monoisotopic (exact) mass is 278 g/mol. The predicted molar refractivity (Wildman–Crippen MR) is 53.1 cm³/mol. The van der Waals surface area contributed by atoms with Crippen molar-refractivity contribution in [2.45, 2.75) is 25.4 Å². The number of aliphatic hydroxyl groups is 2. The van der Waals surface area contributed by atoms with Crippen molar-refractivity contribution in [3.63, 3.8) is 0 Å². The summed E-state index contributed by atoms with van der Waals surface area (Å²) in [7, 11) is -8.30. The van der Waals surface area contributed by atoms with Crippen LogP contribution in [0.2, 0.25) is 0 Å². The molecule has 0 aliphatic rings. The van der Waals surface area contributed by atoms with Gasteiger partial charge in [0.05, 0.1) is 25.0 Å². The summed E-state index contributed by atoms with van der Waals surface area (Å²) in [6.07, 6.45) is -0.766. The molecular weight excluding hydrogens is 264 g/mol. The van der Waals surface area contributed by atoms with Crippen molar-refractivity contribution >= 4 is 20.2 Å². The maximum absolute atomic E-state index is 10.8. The van der Waals surface area contributed by atoms with Crippen molar-refractivity contribution in [3.05, 3.63) is 0 Å². The van der Waals surface area contributed by atoms with E-state index in [0.29, 0.717) is 12.5 Å². The van der Waals surface area contributed by atoms with Gasteiger partial charge in [-0.2, -0.15) is 16.8 Å². The van der Waals surface area contributed by atoms with E-state index in [1.165, 1.54) is 6.92 Å². The Bertz CT molecular complexity index is 385. The second kappa shape index (κ2) is 4.94. The van der Waals surface area contributed by atoms with Crippen LogP contribution in [0.5, 0.6) is 0 Å². The Balaban J connectivity index is 5.04. The molecule has 98 valence electrons. The molecule has 0 aromatic rings. The molecule has 0 aliphatic carbocycles.